The van der Waals surface area contributed by atoms with Crippen LogP contribution in [0, 0.1) is 5.82 Å². The van der Waals surface area contributed by atoms with Crippen molar-refractivity contribution in [2.24, 2.45) is 5.73 Å². The number of aliphatic hydroxyl groups excluding tert-OH is 1. The zero-order valence-corrected chi connectivity index (χ0v) is 16.6. The van der Waals surface area contributed by atoms with Crippen molar-refractivity contribution in [2.75, 3.05) is 29.0 Å². The summed E-state index contributed by atoms with van der Waals surface area (Å²) in [5, 5.41) is 12.7. The summed E-state index contributed by atoms with van der Waals surface area (Å²) in [6, 6.07) is 7.10. The molecule has 160 valence electrons. The Hall–Kier alpha value is -3.63. The first-order valence-electron chi connectivity index (χ1n) is 9.75. The zero-order valence-electron chi connectivity index (χ0n) is 16.6. The van der Waals surface area contributed by atoms with Gasteiger partial charge >= 0.3 is 0 Å². The predicted molar refractivity (Wildman–Crippen MR) is 115 cm³/mol. The van der Waals surface area contributed by atoms with Crippen molar-refractivity contribution in [3.05, 3.63) is 60.4 Å². The van der Waals surface area contributed by atoms with Gasteiger partial charge < -0.3 is 26.8 Å². The number of piperidine rings is 1. The number of pyridine rings is 3. The number of hydrogen-bond acceptors (Lipinski definition) is 8. The molecule has 2 unspecified atom stereocenters. The number of amides is 1. The van der Waals surface area contributed by atoms with Crippen LogP contribution in [-0.2, 0) is 0 Å². The quantitative estimate of drug-likeness (QED) is 0.493. The molecule has 1 aliphatic heterocycles. The van der Waals surface area contributed by atoms with Crippen molar-refractivity contribution in [1.82, 2.24) is 15.0 Å². The smallest absolute Gasteiger partial charge is 0.276 e. The predicted octanol–water partition coefficient (Wildman–Crippen LogP) is 1.41. The third-order valence-corrected chi connectivity index (χ3v) is 5.15. The summed E-state index contributed by atoms with van der Waals surface area (Å²) >= 11 is 0. The lowest BCUT2D eigenvalue weighted by atomic mass is 10.0. The Morgan fingerprint density at radius 2 is 2.10 bits per heavy atom. The summed E-state index contributed by atoms with van der Waals surface area (Å²) in [4.78, 5) is 27.3. The van der Waals surface area contributed by atoms with Crippen molar-refractivity contribution >= 4 is 23.0 Å². The molecular weight excluding hydrogens is 401 g/mol. The Kier molecular flexibility index (Phi) is 5.74. The van der Waals surface area contributed by atoms with Crippen molar-refractivity contribution in [3.8, 4) is 11.4 Å². The minimum Gasteiger partial charge on any atom is -0.397 e. The van der Waals surface area contributed by atoms with Gasteiger partial charge in [0.1, 0.15) is 5.69 Å². The zero-order chi connectivity index (χ0) is 22.0. The molecule has 1 saturated heterocycles. The standard InChI is InChI=1S/C21H22FN7O2/c22-12-2-1-7-26-19(12)15-4-3-13(23)20(27-15)21(31)28-16-10-25-8-5-17(16)29-9-6-18(30)14(24)11-29/h1-5,7-8,10,14,18,30H,6,9,11,23-24H2,(H,28,31). The summed E-state index contributed by atoms with van der Waals surface area (Å²) in [7, 11) is 0. The fourth-order valence-electron chi connectivity index (χ4n) is 3.49. The first-order valence-corrected chi connectivity index (χ1v) is 9.75. The number of carbonyl (C=O) groups is 1. The van der Waals surface area contributed by atoms with Gasteiger partial charge in [0, 0.05) is 31.5 Å². The minimum absolute atomic E-state index is 0.0273. The van der Waals surface area contributed by atoms with Crippen LogP contribution in [0.5, 0.6) is 0 Å². The van der Waals surface area contributed by atoms with Gasteiger partial charge in [-0.3, -0.25) is 14.8 Å². The number of carbonyl (C=O) groups excluding carboxylic acids is 1. The minimum atomic E-state index is -0.564. The molecule has 3 aromatic heterocycles. The molecule has 1 aliphatic rings. The summed E-state index contributed by atoms with van der Waals surface area (Å²) in [6.45, 7) is 1.01. The molecule has 3 aromatic rings. The molecule has 0 radical (unpaired) electrons. The number of rotatable bonds is 4. The van der Waals surface area contributed by atoms with Gasteiger partial charge in [-0.25, -0.2) is 9.37 Å². The molecule has 10 heteroatoms. The number of hydrogen-bond donors (Lipinski definition) is 4. The second-order valence-corrected chi connectivity index (χ2v) is 7.28. The first kappa shape index (κ1) is 20.6. The Balaban J connectivity index is 1.61. The van der Waals surface area contributed by atoms with E-state index in [0.717, 1.165) is 5.69 Å². The molecule has 1 amide bonds. The van der Waals surface area contributed by atoms with E-state index in [0.29, 0.717) is 25.2 Å². The Morgan fingerprint density at radius 1 is 1.26 bits per heavy atom. The number of halogens is 1. The molecule has 2 atom stereocenters. The summed E-state index contributed by atoms with van der Waals surface area (Å²) in [6.07, 6.45) is 4.53. The second kappa shape index (κ2) is 8.62. The molecule has 4 rings (SSSR count). The highest BCUT2D eigenvalue weighted by molar-refractivity contribution is 6.07. The van der Waals surface area contributed by atoms with Crippen molar-refractivity contribution in [1.29, 1.82) is 0 Å². The van der Waals surface area contributed by atoms with E-state index < -0.39 is 23.9 Å². The number of nitrogens with two attached hydrogens (primary N) is 2. The molecule has 6 N–H and O–H groups in total. The van der Waals surface area contributed by atoms with Crippen LogP contribution in [0.25, 0.3) is 11.4 Å². The van der Waals surface area contributed by atoms with Gasteiger partial charge in [0.25, 0.3) is 5.91 Å². The fraction of sp³-hybridized carbons (Fsp3) is 0.238. The SMILES string of the molecule is Nc1ccc(-c2ncccc2F)nc1C(=O)Nc1cnccc1N1CCC(O)C(N)C1. The van der Waals surface area contributed by atoms with E-state index in [1.54, 1.807) is 12.3 Å². The molecule has 0 spiro atoms. The monoisotopic (exact) mass is 423 g/mol. The van der Waals surface area contributed by atoms with Gasteiger partial charge in [0.15, 0.2) is 11.5 Å². The molecule has 0 aliphatic carbocycles. The maximum Gasteiger partial charge on any atom is 0.276 e. The molecule has 1 fully saturated rings. The van der Waals surface area contributed by atoms with Gasteiger partial charge in [-0.2, -0.15) is 0 Å². The van der Waals surface area contributed by atoms with Crippen LogP contribution < -0.4 is 21.7 Å². The average Bonchev–Trinajstić information content (AvgIpc) is 2.77. The van der Waals surface area contributed by atoms with Gasteiger partial charge in [0.2, 0.25) is 0 Å². The molecule has 0 bridgehead atoms. The lowest BCUT2D eigenvalue weighted by Crippen LogP contribution is -2.51. The lowest BCUT2D eigenvalue weighted by molar-refractivity contribution is 0.102. The van der Waals surface area contributed by atoms with E-state index in [2.05, 4.69) is 20.3 Å². The van der Waals surface area contributed by atoms with Crippen LogP contribution in [0.2, 0.25) is 0 Å². The molecule has 4 heterocycles. The van der Waals surface area contributed by atoms with Gasteiger partial charge in [-0.05, 0) is 36.8 Å². The maximum atomic E-state index is 14.1. The second-order valence-electron chi connectivity index (χ2n) is 7.28. The van der Waals surface area contributed by atoms with Gasteiger partial charge in [-0.15, -0.1) is 0 Å². The normalized spacial score (nSPS) is 18.6. The average molecular weight is 423 g/mol. The number of aromatic nitrogens is 3. The van der Waals surface area contributed by atoms with Gasteiger partial charge in [0.05, 0.1) is 35.1 Å². The molecule has 9 nitrogen and oxygen atoms in total. The number of nitrogens with one attached hydrogen (secondary N) is 1. The van der Waals surface area contributed by atoms with Crippen molar-refractivity contribution in [2.45, 2.75) is 18.6 Å². The number of aliphatic hydroxyl groups is 1. The van der Waals surface area contributed by atoms with E-state index in [1.165, 1.54) is 36.7 Å². The van der Waals surface area contributed by atoms with E-state index in [1.807, 2.05) is 4.90 Å². The molecular formula is C21H22FN7O2. The van der Waals surface area contributed by atoms with Gasteiger partial charge in [-0.1, -0.05) is 0 Å². The maximum absolute atomic E-state index is 14.1. The fourth-order valence-corrected chi connectivity index (χ4v) is 3.49. The third-order valence-electron chi connectivity index (χ3n) is 5.15. The Labute approximate surface area is 177 Å². The third kappa shape index (κ3) is 4.30. The molecule has 0 aromatic carbocycles. The molecule has 31 heavy (non-hydrogen) atoms. The highest BCUT2D eigenvalue weighted by Gasteiger charge is 2.26. The first-order chi connectivity index (χ1) is 14.9. The van der Waals surface area contributed by atoms with E-state index >= 15 is 0 Å². The summed E-state index contributed by atoms with van der Waals surface area (Å²) < 4.78 is 14.1. The van der Waals surface area contributed by atoms with Crippen LogP contribution in [0.15, 0.2) is 48.9 Å². The number of anilines is 3. The Bertz CT molecular complexity index is 1110. The van der Waals surface area contributed by atoms with E-state index in [-0.39, 0.29) is 22.8 Å². The van der Waals surface area contributed by atoms with Crippen LogP contribution in [0.4, 0.5) is 21.5 Å². The number of nitrogen functional groups attached to an aromatic ring is 1. The van der Waals surface area contributed by atoms with Crippen molar-refractivity contribution < 1.29 is 14.3 Å². The van der Waals surface area contributed by atoms with E-state index in [4.69, 9.17) is 11.5 Å². The van der Waals surface area contributed by atoms with Crippen LogP contribution in [0.3, 0.4) is 0 Å². The number of nitrogens with zero attached hydrogens (tertiary/aromatic N) is 4. The highest BCUT2D eigenvalue weighted by atomic mass is 19.1. The summed E-state index contributed by atoms with van der Waals surface area (Å²) in [5.41, 5.74) is 13.4. The Morgan fingerprint density at radius 3 is 2.87 bits per heavy atom. The highest BCUT2D eigenvalue weighted by Crippen LogP contribution is 2.28. The topological polar surface area (TPSA) is 143 Å². The van der Waals surface area contributed by atoms with Crippen LogP contribution in [-0.4, -0.2) is 51.2 Å². The van der Waals surface area contributed by atoms with E-state index in [9.17, 15) is 14.3 Å². The van der Waals surface area contributed by atoms with Crippen LogP contribution in [0.1, 0.15) is 16.9 Å². The van der Waals surface area contributed by atoms with Crippen molar-refractivity contribution in [3.63, 3.8) is 0 Å². The molecule has 0 saturated carbocycles. The van der Waals surface area contributed by atoms with Crippen LogP contribution >= 0.6 is 0 Å². The summed E-state index contributed by atoms with van der Waals surface area (Å²) in [5.74, 6) is -1.12. The largest absolute Gasteiger partial charge is 0.397 e. The lowest BCUT2D eigenvalue weighted by Gasteiger charge is -2.36.